The molecule has 0 aliphatic carbocycles. The maximum Gasteiger partial charge on any atom is 0.320 e. The maximum absolute atomic E-state index is 11.5. The van der Waals surface area contributed by atoms with Crippen LogP contribution in [0.3, 0.4) is 0 Å². The summed E-state index contributed by atoms with van der Waals surface area (Å²) in [4.78, 5) is 21.9. The first-order chi connectivity index (χ1) is 7.02. The van der Waals surface area contributed by atoms with Crippen LogP contribution in [0, 0.1) is 0 Å². The molecule has 0 spiro atoms. The van der Waals surface area contributed by atoms with E-state index >= 15 is 0 Å². The Balaban J connectivity index is 2.78. The fraction of sp³-hybridized carbons (Fsp3) is 0.200. The van der Waals surface area contributed by atoms with Gasteiger partial charge in [-0.2, -0.15) is 0 Å². The number of carboxylic acids is 1. The summed E-state index contributed by atoms with van der Waals surface area (Å²) < 4.78 is 0. The van der Waals surface area contributed by atoms with Crippen LogP contribution in [-0.2, 0) is 4.79 Å². The number of aromatic hydroxyl groups is 1. The first kappa shape index (κ1) is 11.2. The van der Waals surface area contributed by atoms with Gasteiger partial charge in [-0.15, -0.1) is 0 Å². The molecule has 1 rings (SSSR count). The molecule has 4 N–H and O–H groups in total. The number of carbonyl (C=O) groups is 2. The third-order valence-electron chi connectivity index (χ3n) is 1.93. The summed E-state index contributed by atoms with van der Waals surface area (Å²) in [5.74, 6) is -1.89. The number of para-hydroxylation sites is 1. The van der Waals surface area contributed by atoms with Crippen LogP contribution in [0.4, 0.5) is 0 Å². The highest BCUT2D eigenvalue weighted by molar-refractivity contribution is 6.00. The molecule has 0 aliphatic rings. The van der Waals surface area contributed by atoms with E-state index in [1.54, 1.807) is 12.1 Å². The average Bonchev–Trinajstić information content (AvgIpc) is 2.18. The van der Waals surface area contributed by atoms with Crippen LogP contribution in [0.2, 0.25) is 0 Å². The van der Waals surface area contributed by atoms with Gasteiger partial charge in [-0.1, -0.05) is 12.1 Å². The van der Waals surface area contributed by atoms with Crippen LogP contribution in [0.15, 0.2) is 24.3 Å². The molecule has 5 nitrogen and oxygen atoms in total. The van der Waals surface area contributed by atoms with Crippen LogP contribution < -0.4 is 5.73 Å². The van der Waals surface area contributed by atoms with E-state index in [0.29, 0.717) is 0 Å². The molecule has 0 aromatic heterocycles. The van der Waals surface area contributed by atoms with Gasteiger partial charge < -0.3 is 15.9 Å². The second kappa shape index (κ2) is 4.56. The molecule has 1 aromatic rings. The van der Waals surface area contributed by atoms with E-state index in [2.05, 4.69) is 0 Å². The Labute approximate surface area is 86.1 Å². The molecule has 5 heteroatoms. The molecule has 1 atom stereocenters. The number of hydrogen-bond acceptors (Lipinski definition) is 4. The van der Waals surface area contributed by atoms with E-state index in [0.717, 1.165) is 0 Å². The van der Waals surface area contributed by atoms with Crippen LogP contribution in [0.25, 0.3) is 0 Å². The molecule has 0 amide bonds. The van der Waals surface area contributed by atoms with E-state index in [4.69, 9.17) is 10.8 Å². The van der Waals surface area contributed by atoms with Gasteiger partial charge in [-0.25, -0.2) is 0 Å². The summed E-state index contributed by atoms with van der Waals surface area (Å²) in [6.07, 6.45) is -0.326. The van der Waals surface area contributed by atoms with Gasteiger partial charge in [-0.3, -0.25) is 9.59 Å². The van der Waals surface area contributed by atoms with Gasteiger partial charge in [0.2, 0.25) is 0 Å². The Hall–Kier alpha value is -1.88. The number of hydrogen-bond donors (Lipinski definition) is 3. The molecule has 0 aliphatic heterocycles. The van der Waals surface area contributed by atoms with Crippen LogP contribution in [0.5, 0.6) is 5.75 Å². The van der Waals surface area contributed by atoms with Crippen LogP contribution in [-0.4, -0.2) is 28.0 Å². The first-order valence-corrected chi connectivity index (χ1v) is 4.32. The summed E-state index contributed by atoms with van der Waals surface area (Å²) in [7, 11) is 0. The number of phenols is 1. The lowest BCUT2D eigenvalue weighted by atomic mass is 10.0. The third kappa shape index (κ3) is 2.78. The summed E-state index contributed by atoms with van der Waals surface area (Å²) in [5, 5.41) is 17.8. The lowest BCUT2D eigenvalue weighted by Crippen LogP contribution is -2.32. The van der Waals surface area contributed by atoms with Crippen molar-refractivity contribution >= 4 is 11.8 Å². The predicted molar refractivity (Wildman–Crippen MR) is 52.7 cm³/mol. The number of Topliss-reactive ketones (excluding diaryl/α,β-unsaturated/α-hetero) is 1. The Morgan fingerprint density at radius 2 is 1.93 bits per heavy atom. The zero-order valence-electron chi connectivity index (χ0n) is 7.88. The number of carbonyl (C=O) groups excluding carboxylic acids is 1. The van der Waals surface area contributed by atoms with Gasteiger partial charge in [0.1, 0.15) is 11.8 Å². The van der Waals surface area contributed by atoms with Crippen LogP contribution in [0.1, 0.15) is 16.8 Å². The van der Waals surface area contributed by atoms with Crippen molar-refractivity contribution in [3.8, 4) is 5.75 Å². The number of rotatable bonds is 4. The quantitative estimate of drug-likeness (QED) is 0.622. The van der Waals surface area contributed by atoms with E-state index in [1.807, 2.05) is 0 Å². The molecule has 0 radical (unpaired) electrons. The summed E-state index contributed by atoms with van der Waals surface area (Å²) in [6, 6.07) is 4.70. The summed E-state index contributed by atoms with van der Waals surface area (Å²) in [6.45, 7) is 0. The van der Waals surface area contributed by atoms with E-state index < -0.39 is 17.8 Å². The van der Waals surface area contributed by atoms with Gasteiger partial charge in [0.25, 0.3) is 0 Å². The second-order valence-corrected chi connectivity index (χ2v) is 3.09. The summed E-state index contributed by atoms with van der Waals surface area (Å²) in [5.41, 5.74) is 5.29. The molecule has 0 bridgehead atoms. The Morgan fingerprint density at radius 3 is 2.47 bits per heavy atom. The van der Waals surface area contributed by atoms with Crippen molar-refractivity contribution in [1.29, 1.82) is 0 Å². The smallest absolute Gasteiger partial charge is 0.320 e. The normalized spacial score (nSPS) is 12.1. The third-order valence-corrected chi connectivity index (χ3v) is 1.93. The highest BCUT2D eigenvalue weighted by Crippen LogP contribution is 2.17. The monoisotopic (exact) mass is 209 g/mol. The van der Waals surface area contributed by atoms with Crippen molar-refractivity contribution in [2.24, 2.45) is 5.73 Å². The number of ketones is 1. The average molecular weight is 209 g/mol. The number of phenolic OH excluding ortho intramolecular Hbond substituents is 1. The molecule has 0 heterocycles. The van der Waals surface area contributed by atoms with Crippen molar-refractivity contribution in [3.63, 3.8) is 0 Å². The van der Waals surface area contributed by atoms with Crippen molar-refractivity contribution < 1.29 is 19.8 Å². The fourth-order valence-corrected chi connectivity index (χ4v) is 1.11. The molecule has 0 saturated carbocycles. The molecule has 0 unspecified atom stereocenters. The van der Waals surface area contributed by atoms with Gasteiger partial charge in [0.05, 0.1) is 5.56 Å². The van der Waals surface area contributed by atoms with E-state index in [1.165, 1.54) is 12.1 Å². The van der Waals surface area contributed by atoms with Crippen molar-refractivity contribution in [2.75, 3.05) is 0 Å². The van der Waals surface area contributed by atoms with Gasteiger partial charge in [-0.05, 0) is 12.1 Å². The standard InChI is InChI=1S/C10H11NO4/c11-7(10(14)15)5-9(13)6-3-1-2-4-8(6)12/h1-4,7,12H,5,11H2,(H,14,15)/t7-/m0/s1. The fourth-order valence-electron chi connectivity index (χ4n) is 1.11. The minimum Gasteiger partial charge on any atom is -0.507 e. The minimum absolute atomic E-state index is 0.0919. The molecule has 1 aromatic carbocycles. The molecule has 80 valence electrons. The topological polar surface area (TPSA) is 101 Å². The largest absolute Gasteiger partial charge is 0.507 e. The number of nitrogens with two attached hydrogens (primary N) is 1. The Bertz CT molecular complexity index is 389. The van der Waals surface area contributed by atoms with E-state index in [-0.39, 0.29) is 17.7 Å². The van der Waals surface area contributed by atoms with Crippen molar-refractivity contribution in [3.05, 3.63) is 29.8 Å². The van der Waals surface area contributed by atoms with Crippen molar-refractivity contribution in [2.45, 2.75) is 12.5 Å². The zero-order valence-corrected chi connectivity index (χ0v) is 7.88. The lowest BCUT2D eigenvalue weighted by Gasteiger charge is -2.06. The van der Waals surface area contributed by atoms with Gasteiger partial charge in [0, 0.05) is 6.42 Å². The molecular weight excluding hydrogens is 198 g/mol. The summed E-state index contributed by atoms with van der Waals surface area (Å²) >= 11 is 0. The molecular formula is C10H11NO4. The van der Waals surface area contributed by atoms with Crippen molar-refractivity contribution in [1.82, 2.24) is 0 Å². The second-order valence-electron chi connectivity index (χ2n) is 3.09. The number of benzene rings is 1. The highest BCUT2D eigenvalue weighted by Gasteiger charge is 2.19. The van der Waals surface area contributed by atoms with Gasteiger partial charge >= 0.3 is 5.97 Å². The molecule has 0 saturated heterocycles. The minimum atomic E-state index is -1.24. The predicted octanol–water partition coefficient (Wildman–Crippen LogP) is 0.377. The SMILES string of the molecule is N[C@@H](CC(=O)c1ccccc1O)C(=O)O. The zero-order chi connectivity index (χ0) is 11.4. The van der Waals surface area contributed by atoms with Crippen LogP contribution >= 0.6 is 0 Å². The lowest BCUT2D eigenvalue weighted by molar-refractivity contribution is -0.138. The molecule has 15 heavy (non-hydrogen) atoms. The Morgan fingerprint density at radius 1 is 1.33 bits per heavy atom. The first-order valence-electron chi connectivity index (χ1n) is 4.32. The maximum atomic E-state index is 11.5. The van der Waals surface area contributed by atoms with Gasteiger partial charge in [0.15, 0.2) is 5.78 Å². The number of aliphatic carboxylic acids is 1. The van der Waals surface area contributed by atoms with E-state index in [9.17, 15) is 14.7 Å². The highest BCUT2D eigenvalue weighted by atomic mass is 16.4. The molecule has 0 fully saturated rings. The Kier molecular flexibility index (Phi) is 3.41. The number of carboxylic acid groups (broad SMARTS) is 1.